The molecule has 2 aliphatic heterocycles. The zero-order chi connectivity index (χ0) is 20.7. The van der Waals surface area contributed by atoms with E-state index in [4.69, 9.17) is 0 Å². The molecule has 2 fully saturated rings. The molecule has 0 aliphatic carbocycles. The average Bonchev–Trinajstić information content (AvgIpc) is 2.75. The van der Waals surface area contributed by atoms with E-state index in [0.29, 0.717) is 24.8 Å². The summed E-state index contributed by atoms with van der Waals surface area (Å²) in [6, 6.07) is 5.64. The van der Waals surface area contributed by atoms with Gasteiger partial charge < -0.3 is 4.90 Å². The molecule has 8 heteroatoms. The third-order valence-corrected chi connectivity index (χ3v) is 6.26. The maximum absolute atomic E-state index is 13.0. The van der Waals surface area contributed by atoms with Gasteiger partial charge in [-0.15, -0.1) is 4.91 Å². The zero-order valence-electron chi connectivity index (χ0n) is 16.7. The Balaban J connectivity index is 1.50. The van der Waals surface area contributed by atoms with Gasteiger partial charge in [-0.05, 0) is 76.0 Å². The Morgan fingerprint density at radius 3 is 2.31 bits per heavy atom. The smallest absolute Gasteiger partial charge is 0.263 e. The first-order valence-corrected chi connectivity index (χ1v) is 10.4. The van der Waals surface area contributed by atoms with Gasteiger partial charge in [0.2, 0.25) is 0 Å². The lowest BCUT2D eigenvalue weighted by molar-refractivity contribution is -0.138. The molecule has 7 nitrogen and oxygen atoms in total. The first-order valence-electron chi connectivity index (χ1n) is 10.4. The van der Waals surface area contributed by atoms with Crippen molar-refractivity contribution in [1.29, 1.82) is 0 Å². The van der Waals surface area contributed by atoms with Gasteiger partial charge in [-0.25, -0.2) is 9.82 Å². The summed E-state index contributed by atoms with van der Waals surface area (Å²) >= 11 is 0. The largest absolute Gasteiger partial charge is 0.303 e. The second-order valence-corrected chi connectivity index (χ2v) is 7.99. The van der Waals surface area contributed by atoms with Crippen molar-refractivity contribution in [2.24, 2.45) is 5.29 Å². The molecule has 1 aromatic carbocycles. The number of benzene rings is 1. The minimum atomic E-state index is -0.658. The van der Waals surface area contributed by atoms with Gasteiger partial charge in [0.1, 0.15) is 11.4 Å². The predicted molar refractivity (Wildman–Crippen MR) is 108 cm³/mol. The van der Waals surface area contributed by atoms with Gasteiger partial charge in [-0.3, -0.25) is 14.5 Å². The third kappa shape index (κ3) is 5.25. The van der Waals surface area contributed by atoms with Crippen molar-refractivity contribution < 1.29 is 14.0 Å². The number of likely N-dealkylation sites (tertiary alicyclic amines) is 2. The van der Waals surface area contributed by atoms with Crippen molar-refractivity contribution in [3.8, 4) is 0 Å². The Kier molecular flexibility index (Phi) is 7.44. The first kappa shape index (κ1) is 21.5. The van der Waals surface area contributed by atoms with Crippen LogP contribution in [0.2, 0.25) is 0 Å². The Labute approximate surface area is 170 Å². The highest BCUT2D eigenvalue weighted by Gasteiger charge is 2.46. The molecule has 0 saturated carbocycles. The highest BCUT2D eigenvalue weighted by molar-refractivity contribution is 5.95. The molecule has 0 atom stereocenters. The fraction of sp³-hybridized carbons (Fsp3) is 0.619. The number of rotatable bonds is 8. The Hall–Kier alpha value is -2.19. The molecule has 158 valence electrons. The topological polar surface area (TPSA) is 82.1 Å². The molecule has 0 bridgehead atoms. The van der Waals surface area contributed by atoms with E-state index in [1.807, 2.05) is 0 Å². The fourth-order valence-corrected chi connectivity index (χ4v) is 4.54. The lowest BCUT2D eigenvalue weighted by Gasteiger charge is -2.48. The van der Waals surface area contributed by atoms with Crippen molar-refractivity contribution in [2.45, 2.75) is 50.5 Å². The lowest BCUT2D eigenvalue weighted by atomic mass is 9.83. The number of Topliss-reactive ketones (excluding diaryl/α,β-unsaturated/α-hetero) is 1. The second kappa shape index (κ2) is 10.0. The zero-order valence-corrected chi connectivity index (χ0v) is 16.7. The number of nitroso groups, excluding NO2 is 1. The van der Waals surface area contributed by atoms with E-state index in [9.17, 15) is 18.9 Å². The van der Waals surface area contributed by atoms with E-state index < -0.39 is 5.54 Å². The number of piperidine rings is 2. The summed E-state index contributed by atoms with van der Waals surface area (Å²) in [4.78, 5) is 40.0. The van der Waals surface area contributed by atoms with E-state index in [1.54, 1.807) is 0 Å². The standard InChI is InChI=1S/C21H29FN4O3/c22-18-8-6-17(7-9-18)19(27)5-4-12-25-15-10-21(11-16-25,20(28)23-24-29)26-13-2-1-3-14-26/h6-9H,1-5,10-16H2,(H,23,28,29). The normalized spacial score (nSPS) is 20.2. The van der Waals surface area contributed by atoms with Crippen molar-refractivity contribution in [3.05, 3.63) is 40.6 Å². The molecule has 1 N–H and O–H groups in total. The minimum absolute atomic E-state index is 0.0149. The number of carbonyl (C=O) groups is 2. The number of halogens is 1. The van der Waals surface area contributed by atoms with Gasteiger partial charge in [0, 0.05) is 25.1 Å². The summed E-state index contributed by atoms with van der Waals surface area (Å²) in [6.07, 6.45) is 5.75. The molecule has 0 spiro atoms. The monoisotopic (exact) mass is 404 g/mol. The van der Waals surface area contributed by atoms with Crippen molar-refractivity contribution in [1.82, 2.24) is 15.2 Å². The number of ketones is 1. The molecule has 0 radical (unpaired) electrons. The van der Waals surface area contributed by atoms with E-state index in [2.05, 4.69) is 20.5 Å². The van der Waals surface area contributed by atoms with Crippen LogP contribution < -0.4 is 5.43 Å². The molecule has 0 unspecified atom stereocenters. The van der Waals surface area contributed by atoms with Crippen LogP contribution in [0.15, 0.2) is 29.6 Å². The second-order valence-electron chi connectivity index (χ2n) is 7.99. The van der Waals surface area contributed by atoms with Gasteiger partial charge in [-0.1, -0.05) is 6.42 Å². The van der Waals surface area contributed by atoms with E-state index in [1.165, 1.54) is 30.7 Å². The molecule has 2 saturated heterocycles. The van der Waals surface area contributed by atoms with Crippen LogP contribution in [-0.2, 0) is 4.79 Å². The summed E-state index contributed by atoms with van der Waals surface area (Å²) in [7, 11) is 0. The Morgan fingerprint density at radius 2 is 1.69 bits per heavy atom. The molecule has 3 rings (SSSR count). The van der Waals surface area contributed by atoms with Crippen molar-refractivity contribution in [2.75, 3.05) is 32.7 Å². The number of hydrogen-bond acceptors (Lipinski definition) is 6. The van der Waals surface area contributed by atoms with Crippen LogP contribution in [0.3, 0.4) is 0 Å². The SMILES string of the molecule is O=NNC(=O)C1(N2CCCCC2)CCN(CCCC(=O)c2ccc(F)cc2)CC1. The van der Waals surface area contributed by atoms with Gasteiger partial charge in [0.25, 0.3) is 5.91 Å². The first-order chi connectivity index (χ1) is 14.0. The number of amides is 1. The molecule has 2 heterocycles. The molecular weight excluding hydrogens is 375 g/mol. The van der Waals surface area contributed by atoms with E-state index in [0.717, 1.165) is 52.0 Å². The van der Waals surface area contributed by atoms with Crippen LogP contribution in [0.5, 0.6) is 0 Å². The highest BCUT2D eigenvalue weighted by atomic mass is 19.1. The summed E-state index contributed by atoms with van der Waals surface area (Å²) in [6.45, 7) is 4.01. The number of hydrogen-bond donors (Lipinski definition) is 1. The molecule has 1 amide bonds. The molecule has 2 aliphatic rings. The third-order valence-electron chi connectivity index (χ3n) is 6.26. The summed E-state index contributed by atoms with van der Waals surface area (Å²) < 4.78 is 13.0. The summed E-state index contributed by atoms with van der Waals surface area (Å²) in [5, 5.41) is 2.62. The average molecular weight is 404 g/mol. The van der Waals surface area contributed by atoms with Crippen LogP contribution in [0.4, 0.5) is 4.39 Å². The van der Waals surface area contributed by atoms with Gasteiger partial charge >= 0.3 is 0 Å². The lowest BCUT2D eigenvalue weighted by Crippen LogP contribution is -2.63. The maximum Gasteiger partial charge on any atom is 0.263 e. The number of carbonyl (C=O) groups excluding carboxylic acids is 2. The van der Waals surface area contributed by atoms with Crippen LogP contribution in [-0.4, -0.2) is 59.8 Å². The summed E-state index contributed by atoms with van der Waals surface area (Å²) in [5.41, 5.74) is 2.02. The molecular formula is C21H29FN4O3. The molecule has 1 aromatic rings. The minimum Gasteiger partial charge on any atom is -0.303 e. The Bertz CT molecular complexity index is 711. The number of nitrogens with one attached hydrogen (secondary N) is 1. The highest BCUT2D eigenvalue weighted by Crippen LogP contribution is 2.32. The van der Waals surface area contributed by atoms with Gasteiger partial charge in [0.05, 0.1) is 5.29 Å². The summed E-state index contributed by atoms with van der Waals surface area (Å²) in [5.74, 6) is -0.623. The number of nitrogens with zero attached hydrogens (tertiary/aromatic N) is 3. The van der Waals surface area contributed by atoms with E-state index >= 15 is 0 Å². The van der Waals surface area contributed by atoms with E-state index in [-0.39, 0.29) is 17.5 Å². The van der Waals surface area contributed by atoms with Crippen molar-refractivity contribution in [3.63, 3.8) is 0 Å². The molecule has 0 aromatic heterocycles. The van der Waals surface area contributed by atoms with Gasteiger partial charge in [-0.2, -0.15) is 0 Å². The predicted octanol–water partition coefficient (Wildman–Crippen LogP) is 2.91. The Morgan fingerprint density at radius 1 is 1.03 bits per heavy atom. The van der Waals surface area contributed by atoms with Crippen LogP contribution >= 0.6 is 0 Å². The maximum atomic E-state index is 13.0. The van der Waals surface area contributed by atoms with Crippen LogP contribution in [0.25, 0.3) is 0 Å². The fourth-order valence-electron chi connectivity index (χ4n) is 4.54. The molecule has 29 heavy (non-hydrogen) atoms. The van der Waals surface area contributed by atoms with Crippen LogP contribution in [0, 0.1) is 10.7 Å². The quantitative estimate of drug-likeness (QED) is 0.409. The van der Waals surface area contributed by atoms with Gasteiger partial charge in [0.15, 0.2) is 5.78 Å². The van der Waals surface area contributed by atoms with Crippen LogP contribution in [0.1, 0.15) is 55.3 Å². The van der Waals surface area contributed by atoms with Crippen molar-refractivity contribution >= 4 is 11.7 Å².